The molecule has 3 aromatic rings. The first-order valence-corrected chi connectivity index (χ1v) is 12.7. The summed E-state index contributed by atoms with van der Waals surface area (Å²) in [5, 5.41) is 17.7. The van der Waals surface area contributed by atoms with Gasteiger partial charge in [0.05, 0.1) is 6.61 Å². The van der Waals surface area contributed by atoms with E-state index in [-0.39, 0.29) is 12.5 Å². The summed E-state index contributed by atoms with van der Waals surface area (Å²) >= 11 is 9.43. The van der Waals surface area contributed by atoms with E-state index in [1.165, 1.54) is 26.5 Å². The number of benzene rings is 1. The summed E-state index contributed by atoms with van der Waals surface area (Å²) in [6, 6.07) is 11.1. The molecule has 32 heavy (non-hydrogen) atoms. The number of likely N-dealkylation sites (N-methyl/N-ethyl adjacent to an activating group) is 1. The zero-order valence-corrected chi connectivity index (χ0v) is 21.0. The average molecular weight is 489 g/mol. The molecule has 7 heteroatoms. The number of nitrogens with one attached hydrogen (secondary N) is 1. The van der Waals surface area contributed by atoms with Crippen LogP contribution < -0.4 is 5.32 Å². The Kier molecular flexibility index (Phi) is 9.08. The Morgan fingerprint density at radius 2 is 1.69 bits per heavy atom. The van der Waals surface area contributed by atoms with Crippen molar-refractivity contribution in [1.29, 1.82) is 0 Å². The first-order valence-electron chi connectivity index (χ1n) is 10.5. The minimum absolute atomic E-state index is 0.183. The van der Waals surface area contributed by atoms with Gasteiger partial charge in [-0.2, -0.15) is 0 Å². The van der Waals surface area contributed by atoms with Crippen molar-refractivity contribution in [2.45, 2.75) is 32.9 Å². The number of aliphatic hydroxyl groups excluding tert-OH is 1. The number of aryl methyl sites for hydroxylation is 2. The van der Waals surface area contributed by atoms with Crippen LogP contribution in [0.4, 0.5) is 0 Å². The number of amides is 1. The highest BCUT2D eigenvalue weighted by molar-refractivity contribution is 7.14. The summed E-state index contributed by atoms with van der Waals surface area (Å²) in [6.45, 7) is 5.12. The lowest BCUT2D eigenvalue weighted by molar-refractivity contribution is -0.127. The van der Waals surface area contributed by atoms with Crippen LogP contribution in [0.2, 0.25) is 5.02 Å². The number of hydrogen-bond donors (Lipinski definition) is 2. The van der Waals surface area contributed by atoms with Gasteiger partial charge in [0.25, 0.3) is 0 Å². The van der Waals surface area contributed by atoms with E-state index in [4.69, 9.17) is 11.6 Å². The van der Waals surface area contributed by atoms with E-state index in [0.717, 1.165) is 12.0 Å². The van der Waals surface area contributed by atoms with Gasteiger partial charge >= 0.3 is 0 Å². The highest BCUT2D eigenvalue weighted by Crippen LogP contribution is 2.35. The normalized spacial score (nSPS) is 12.1. The van der Waals surface area contributed by atoms with Crippen LogP contribution in [-0.4, -0.2) is 42.2 Å². The minimum Gasteiger partial charge on any atom is -0.394 e. The number of nitrogens with zero attached hydrogens (tertiary/aromatic N) is 1. The number of halogens is 1. The van der Waals surface area contributed by atoms with E-state index in [0.29, 0.717) is 18.1 Å². The molecule has 1 aromatic carbocycles. The molecule has 0 spiro atoms. The van der Waals surface area contributed by atoms with Gasteiger partial charge < -0.3 is 10.4 Å². The maximum Gasteiger partial charge on any atom is 0.239 e. The Morgan fingerprint density at radius 3 is 2.19 bits per heavy atom. The third kappa shape index (κ3) is 6.30. The summed E-state index contributed by atoms with van der Waals surface area (Å²) in [5.41, 5.74) is 4.77. The third-order valence-corrected chi connectivity index (χ3v) is 7.78. The average Bonchev–Trinajstić information content (AvgIpc) is 3.39. The number of carbonyl (C=O) groups excluding carboxylic acids is 1. The maximum absolute atomic E-state index is 12.7. The predicted molar refractivity (Wildman–Crippen MR) is 137 cm³/mol. The lowest BCUT2D eigenvalue weighted by atomic mass is 10.1. The van der Waals surface area contributed by atoms with Crippen molar-refractivity contribution in [2.24, 2.45) is 0 Å². The van der Waals surface area contributed by atoms with Crippen LogP contribution in [0, 0.1) is 13.8 Å². The summed E-state index contributed by atoms with van der Waals surface area (Å²) in [4.78, 5) is 17.2. The lowest BCUT2D eigenvalue weighted by Gasteiger charge is -2.25. The fourth-order valence-corrected chi connectivity index (χ4v) is 5.63. The molecule has 0 bridgehead atoms. The molecule has 0 aliphatic carbocycles. The van der Waals surface area contributed by atoms with Crippen LogP contribution in [0.25, 0.3) is 5.57 Å². The molecule has 4 nitrogen and oxygen atoms in total. The molecule has 2 aromatic heterocycles. The predicted octanol–water partition coefficient (Wildman–Crippen LogP) is 5.51. The van der Waals surface area contributed by atoms with Gasteiger partial charge in [0.1, 0.15) is 6.04 Å². The van der Waals surface area contributed by atoms with E-state index in [2.05, 4.69) is 48.1 Å². The van der Waals surface area contributed by atoms with Crippen LogP contribution in [0.1, 0.15) is 32.9 Å². The highest BCUT2D eigenvalue weighted by atomic mass is 35.5. The monoisotopic (exact) mass is 488 g/mol. The van der Waals surface area contributed by atoms with Crippen LogP contribution >= 0.6 is 34.3 Å². The molecule has 0 unspecified atom stereocenters. The van der Waals surface area contributed by atoms with Crippen molar-refractivity contribution in [2.75, 3.05) is 20.2 Å². The van der Waals surface area contributed by atoms with Gasteiger partial charge in [-0.1, -0.05) is 29.8 Å². The second-order valence-corrected chi connectivity index (χ2v) is 10.1. The zero-order chi connectivity index (χ0) is 23.1. The molecule has 2 heterocycles. The first kappa shape index (κ1) is 24.7. The van der Waals surface area contributed by atoms with E-state index < -0.39 is 6.04 Å². The zero-order valence-electron chi connectivity index (χ0n) is 18.6. The molecule has 0 aliphatic rings. The van der Waals surface area contributed by atoms with Crippen molar-refractivity contribution >= 4 is 45.8 Å². The molecule has 170 valence electrons. The van der Waals surface area contributed by atoms with Crippen molar-refractivity contribution in [3.63, 3.8) is 0 Å². The Balaban J connectivity index is 1.63. The second kappa shape index (κ2) is 11.8. The van der Waals surface area contributed by atoms with E-state index in [1.54, 1.807) is 34.8 Å². The molecule has 2 N–H and O–H groups in total. The molecule has 1 amide bonds. The lowest BCUT2D eigenvalue weighted by Crippen LogP contribution is -2.47. The molecule has 0 fully saturated rings. The van der Waals surface area contributed by atoms with E-state index >= 15 is 0 Å². The van der Waals surface area contributed by atoms with Gasteiger partial charge in [-0.15, -0.1) is 22.7 Å². The van der Waals surface area contributed by atoms with Crippen molar-refractivity contribution in [3.05, 3.63) is 84.7 Å². The topological polar surface area (TPSA) is 52.6 Å². The Hall–Kier alpha value is -1.96. The van der Waals surface area contributed by atoms with Gasteiger partial charge in [0.15, 0.2) is 0 Å². The first-order chi connectivity index (χ1) is 15.4. The molecule has 3 rings (SSSR count). The molecule has 0 saturated carbocycles. The third-order valence-electron chi connectivity index (χ3n) is 5.43. The molecule has 0 aliphatic heterocycles. The number of thiophene rings is 2. The van der Waals surface area contributed by atoms with Gasteiger partial charge in [-0.05, 0) is 79.0 Å². The van der Waals surface area contributed by atoms with E-state index in [9.17, 15) is 9.90 Å². The standard InChI is InChI=1S/C25H29ClN2O2S2/c1-17-10-13-31-23(17)21(24-18(2)11-14-32-24)5-4-12-28(3)22(16-29)25(30)27-15-19-6-8-20(26)9-7-19/h5-11,13-14,22,29H,4,12,15-16H2,1-3H3,(H,27,30)/t22-/m0/s1. The second-order valence-electron chi connectivity index (χ2n) is 7.80. The number of hydrogen-bond acceptors (Lipinski definition) is 5. The van der Waals surface area contributed by atoms with Crippen molar-refractivity contribution in [1.82, 2.24) is 10.2 Å². The van der Waals surface area contributed by atoms with Crippen LogP contribution in [0.5, 0.6) is 0 Å². The molecular formula is C25H29ClN2O2S2. The Morgan fingerprint density at radius 1 is 1.09 bits per heavy atom. The maximum atomic E-state index is 12.7. The number of rotatable bonds is 10. The minimum atomic E-state index is -0.592. The molecular weight excluding hydrogens is 460 g/mol. The molecule has 1 atom stereocenters. The summed E-state index contributed by atoms with van der Waals surface area (Å²) in [6.07, 6.45) is 3.04. The van der Waals surface area contributed by atoms with Gasteiger partial charge in [-0.25, -0.2) is 0 Å². The largest absolute Gasteiger partial charge is 0.394 e. The fourth-order valence-electron chi connectivity index (χ4n) is 3.49. The number of aliphatic hydroxyl groups is 1. The van der Waals surface area contributed by atoms with Gasteiger partial charge in [-0.3, -0.25) is 9.69 Å². The van der Waals surface area contributed by atoms with Crippen LogP contribution in [0.15, 0.2) is 53.2 Å². The van der Waals surface area contributed by atoms with Gasteiger partial charge in [0, 0.05) is 33.4 Å². The fraction of sp³-hybridized carbons (Fsp3) is 0.320. The summed E-state index contributed by atoms with van der Waals surface area (Å²) in [7, 11) is 1.88. The van der Waals surface area contributed by atoms with Crippen molar-refractivity contribution < 1.29 is 9.90 Å². The Labute approximate surface area is 203 Å². The molecule has 0 radical (unpaired) electrons. The van der Waals surface area contributed by atoms with Crippen LogP contribution in [0.3, 0.4) is 0 Å². The smallest absolute Gasteiger partial charge is 0.239 e. The highest BCUT2D eigenvalue weighted by Gasteiger charge is 2.22. The van der Waals surface area contributed by atoms with E-state index in [1.807, 2.05) is 24.1 Å². The van der Waals surface area contributed by atoms with Crippen molar-refractivity contribution in [3.8, 4) is 0 Å². The molecule has 0 saturated heterocycles. The SMILES string of the molecule is Cc1ccsc1C(=CCCN(C)[C@@H](CO)C(=O)NCc1ccc(Cl)cc1)c1sccc1C. The summed E-state index contributed by atoms with van der Waals surface area (Å²) in [5.74, 6) is -0.183. The summed E-state index contributed by atoms with van der Waals surface area (Å²) < 4.78 is 0. The Bertz CT molecular complexity index is 1010. The number of carbonyl (C=O) groups is 1. The quantitative estimate of drug-likeness (QED) is 0.395. The van der Waals surface area contributed by atoms with Gasteiger partial charge in [0.2, 0.25) is 5.91 Å². The van der Waals surface area contributed by atoms with Crippen LogP contribution in [-0.2, 0) is 11.3 Å².